The van der Waals surface area contributed by atoms with Gasteiger partial charge in [-0.15, -0.1) is 0 Å². The van der Waals surface area contributed by atoms with E-state index in [1.54, 1.807) is 18.3 Å². The van der Waals surface area contributed by atoms with Gasteiger partial charge in [0.05, 0.1) is 7.11 Å². The van der Waals surface area contributed by atoms with Crippen LogP contribution in [0.3, 0.4) is 0 Å². The SMILES string of the molecule is COc1ncccc1NC(=O)CC(C)c1ccc(N)cc1. The van der Waals surface area contributed by atoms with E-state index in [0.717, 1.165) is 11.3 Å². The summed E-state index contributed by atoms with van der Waals surface area (Å²) in [4.78, 5) is 16.2. The molecule has 3 N–H and O–H groups in total. The summed E-state index contributed by atoms with van der Waals surface area (Å²) in [6.45, 7) is 2.01. The van der Waals surface area contributed by atoms with Gasteiger partial charge in [0.15, 0.2) is 0 Å². The summed E-state index contributed by atoms with van der Waals surface area (Å²) in [5.41, 5.74) is 8.04. The predicted octanol–water partition coefficient (Wildman–Crippen LogP) is 2.80. The molecular weight excluding hydrogens is 266 g/mol. The maximum absolute atomic E-state index is 12.1. The fourth-order valence-corrected chi connectivity index (χ4v) is 2.07. The van der Waals surface area contributed by atoms with Crippen molar-refractivity contribution in [2.45, 2.75) is 19.3 Å². The summed E-state index contributed by atoms with van der Waals surface area (Å²) in [5.74, 6) is 0.435. The zero-order valence-corrected chi connectivity index (χ0v) is 12.2. The van der Waals surface area contributed by atoms with Crippen molar-refractivity contribution in [3.05, 3.63) is 48.2 Å². The van der Waals surface area contributed by atoms with Crippen molar-refractivity contribution >= 4 is 17.3 Å². The summed E-state index contributed by atoms with van der Waals surface area (Å²) in [7, 11) is 1.52. The highest BCUT2D eigenvalue weighted by Gasteiger charge is 2.13. The van der Waals surface area contributed by atoms with Gasteiger partial charge in [-0.2, -0.15) is 0 Å². The first kappa shape index (κ1) is 14.8. The minimum atomic E-state index is -0.0781. The van der Waals surface area contributed by atoms with Crippen LogP contribution in [-0.2, 0) is 4.79 Å². The number of hydrogen-bond donors (Lipinski definition) is 2. The normalized spacial score (nSPS) is 11.7. The number of nitrogens with one attached hydrogen (secondary N) is 1. The first-order valence-corrected chi connectivity index (χ1v) is 6.74. The van der Waals surface area contributed by atoms with E-state index >= 15 is 0 Å². The molecule has 0 bridgehead atoms. The number of pyridine rings is 1. The Morgan fingerprint density at radius 1 is 1.33 bits per heavy atom. The van der Waals surface area contributed by atoms with Crippen LogP contribution >= 0.6 is 0 Å². The number of ether oxygens (including phenoxy) is 1. The van der Waals surface area contributed by atoms with E-state index in [2.05, 4.69) is 10.3 Å². The van der Waals surface area contributed by atoms with Gasteiger partial charge in [-0.25, -0.2) is 4.98 Å². The number of nitrogens with two attached hydrogens (primary N) is 1. The van der Waals surface area contributed by atoms with Gasteiger partial charge in [0.2, 0.25) is 11.8 Å². The molecule has 1 aromatic heterocycles. The van der Waals surface area contributed by atoms with Crippen molar-refractivity contribution in [3.63, 3.8) is 0 Å². The number of nitrogens with zero attached hydrogens (tertiary/aromatic N) is 1. The third-order valence-corrected chi connectivity index (χ3v) is 3.24. The van der Waals surface area contributed by atoms with Gasteiger partial charge in [0.1, 0.15) is 5.69 Å². The summed E-state index contributed by atoms with van der Waals surface area (Å²) >= 11 is 0. The van der Waals surface area contributed by atoms with Crippen molar-refractivity contribution in [2.24, 2.45) is 0 Å². The lowest BCUT2D eigenvalue weighted by Gasteiger charge is -2.13. The molecule has 0 aliphatic carbocycles. The minimum Gasteiger partial charge on any atom is -0.480 e. The van der Waals surface area contributed by atoms with Gasteiger partial charge in [0.25, 0.3) is 0 Å². The summed E-state index contributed by atoms with van der Waals surface area (Å²) in [6, 6.07) is 11.1. The van der Waals surface area contributed by atoms with Gasteiger partial charge >= 0.3 is 0 Å². The van der Waals surface area contributed by atoms with Crippen LogP contribution in [0.1, 0.15) is 24.8 Å². The number of nitrogen functional groups attached to an aromatic ring is 1. The number of amides is 1. The molecule has 0 fully saturated rings. The van der Waals surface area contributed by atoms with Crippen molar-refractivity contribution in [2.75, 3.05) is 18.2 Å². The third kappa shape index (κ3) is 3.95. The standard InChI is InChI=1S/C16H19N3O2/c1-11(12-5-7-13(17)8-6-12)10-15(20)19-14-4-3-9-18-16(14)21-2/h3-9,11H,10,17H2,1-2H3,(H,19,20). The van der Waals surface area contributed by atoms with E-state index < -0.39 is 0 Å². The quantitative estimate of drug-likeness (QED) is 0.828. The molecule has 0 radical (unpaired) electrons. The van der Waals surface area contributed by atoms with Crippen LogP contribution in [0.25, 0.3) is 0 Å². The maximum Gasteiger partial charge on any atom is 0.237 e. The fraction of sp³-hybridized carbons (Fsp3) is 0.250. The van der Waals surface area contributed by atoms with Crippen LogP contribution < -0.4 is 15.8 Å². The van der Waals surface area contributed by atoms with Crippen molar-refractivity contribution in [3.8, 4) is 5.88 Å². The number of aromatic nitrogens is 1. The Morgan fingerprint density at radius 3 is 2.71 bits per heavy atom. The smallest absolute Gasteiger partial charge is 0.237 e. The van der Waals surface area contributed by atoms with Gasteiger partial charge in [-0.1, -0.05) is 19.1 Å². The Bertz CT molecular complexity index is 611. The molecule has 5 heteroatoms. The van der Waals surface area contributed by atoms with E-state index in [9.17, 15) is 4.79 Å². The maximum atomic E-state index is 12.1. The largest absolute Gasteiger partial charge is 0.480 e. The Labute approximate surface area is 124 Å². The lowest BCUT2D eigenvalue weighted by atomic mass is 9.97. The fourth-order valence-electron chi connectivity index (χ4n) is 2.07. The highest BCUT2D eigenvalue weighted by Crippen LogP contribution is 2.23. The van der Waals surface area contributed by atoms with Crippen LogP contribution in [0.4, 0.5) is 11.4 Å². The molecule has 2 rings (SSSR count). The van der Waals surface area contributed by atoms with Crippen LogP contribution in [0.5, 0.6) is 5.88 Å². The molecule has 21 heavy (non-hydrogen) atoms. The molecule has 2 aromatic rings. The van der Waals surface area contributed by atoms with Gasteiger partial charge in [0, 0.05) is 18.3 Å². The molecule has 1 aromatic carbocycles. The van der Waals surface area contributed by atoms with Gasteiger partial charge in [-0.3, -0.25) is 4.79 Å². The molecule has 0 saturated heterocycles. The van der Waals surface area contributed by atoms with Crippen LogP contribution in [0, 0.1) is 0 Å². The average molecular weight is 285 g/mol. The van der Waals surface area contributed by atoms with Crippen LogP contribution in [0.15, 0.2) is 42.6 Å². The Balaban J connectivity index is 1.99. The van der Waals surface area contributed by atoms with Crippen molar-refractivity contribution in [1.82, 2.24) is 4.98 Å². The molecule has 1 heterocycles. The summed E-state index contributed by atoms with van der Waals surface area (Å²) in [5, 5.41) is 2.82. The number of carbonyl (C=O) groups is 1. The van der Waals surface area contributed by atoms with Crippen LogP contribution in [0.2, 0.25) is 0 Å². The molecule has 1 unspecified atom stereocenters. The first-order valence-electron chi connectivity index (χ1n) is 6.74. The molecule has 110 valence electrons. The second kappa shape index (κ2) is 6.74. The second-order valence-corrected chi connectivity index (χ2v) is 4.88. The van der Waals surface area contributed by atoms with E-state index in [1.807, 2.05) is 31.2 Å². The molecule has 0 spiro atoms. The Hall–Kier alpha value is -2.56. The van der Waals surface area contributed by atoms with E-state index in [1.165, 1.54) is 7.11 Å². The van der Waals surface area contributed by atoms with Crippen LogP contribution in [-0.4, -0.2) is 18.0 Å². The molecule has 5 nitrogen and oxygen atoms in total. The molecule has 1 atom stereocenters. The third-order valence-electron chi connectivity index (χ3n) is 3.24. The number of methoxy groups -OCH3 is 1. The van der Waals surface area contributed by atoms with Crippen molar-refractivity contribution in [1.29, 1.82) is 0 Å². The number of benzene rings is 1. The molecule has 0 aliphatic rings. The molecular formula is C16H19N3O2. The predicted molar refractivity (Wildman–Crippen MR) is 83.3 cm³/mol. The summed E-state index contributed by atoms with van der Waals surface area (Å²) in [6.07, 6.45) is 1.99. The molecule has 0 aliphatic heterocycles. The van der Waals surface area contributed by atoms with Crippen molar-refractivity contribution < 1.29 is 9.53 Å². The number of carbonyl (C=O) groups excluding carboxylic acids is 1. The number of anilines is 2. The number of hydrogen-bond acceptors (Lipinski definition) is 4. The minimum absolute atomic E-state index is 0.0781. The van der Waals surface area contributed by atoms with Gasteiger partial charge in [-0.05, 0) is 35.7 Å². The second-order valence-electron chi connectivity index (χ2n) is 4.88. The monoisotopic (exact) mass is 285 g/mol. The first-order chi connectivity index (χ1) is 10.1. The lowest BCUT2D eigenvalue weighted by Crippen LogP contribution is -2.15. The Kier molecular flexibility index (Phi) is 4.77. The zero-order valence-electron chi connectivity index (χ0n) is 12.2. The lowest BCUT2D eigenvalue weighted by molar-refractivity contribution is -0.116. The zero-order chi connectivity index (χ0) is 15.2. The number of rotatable bonds is 5. The van der Waals surface area contributed by atoms with E-state index in [4.69, 9.17) is 10.5 Å². The van der Waals surface area contributed by atoms with E-state index in [-0.39, 0.29) is 11.8 Å². The van der Waals surface area contributed by atoms with E-state index in [0.29, 0.717) is 18.0 Å². The highest BCUT2D eigenvalue weighted by atomic mass is 16.5. The topological polar surface area (TPSA) is 77.2 Å². The Morgan fingerprint density at radius 2 is 2.05 bits per heavy atom. The average Bonchev–Trinajstić information content (AvgIpc) is 2.48. The molecule has 0 saturated carbocycles. The van der Waals surface area contributed by atoms with Gasteiger partial charge < -0.3 is 15.8 Å². The summed E-state index contributed by atoms with van der Waals surface area (Å²) < 4.78 is 5.11. The molecule has 1 amide bonds. The highest BCUT2D eigenvalue weighted by molar-refractivity contribution is 5.92.